The van der Waals surface area contributed by atoms with Crippen molar-refractivity contribution in [2.45, 2.75) is 70.1 Å². The van der Waals surface area contributed by atoms with Gasteiger partial charge >= 0.3 is 0 Å². The van der Waals surface area contributed by atoms with Crippen molar-refractivity contribution in [2.75, 3.05) is 6.54 Å². The lowest BCUT2D eigenvalue weighted by molar-refractivity contribution is -0.0170. The van der Waals surface area contributed by atoms with E-state index in [4.69, 9.17) is 4.74 Å². The van der Waals surface area contributed by atoms with Gasteiger partial charge < -0.3 is 10.1 Å². The van der Waals surface area contributed by atoms with Gasteiger partial charge in [0.25, 0.3) is 0 Å². The van der Waals surface area contributed by atoms with E-state index < -0.39 is 0 Å². The smallest absolute Gasteiger partial charge is 0.0759 e. The Balaban J connectivity index is 1.68. The second-order valence-corrected chi connectivity index (χ2v) is 5.06. The van der Waals surface area contributed by atoms with Crippen LogP contribution in [0.3, 0.4) is 0 Å². The second kappa shape index (κ2) is 6.41. The molecule has 0 heterocycles. The maximum absolute atomic E-state index is 6.14. The summed E-state index contributed by atoms with van der Waals surface area (Å²) in [7, 11) is 0. The van der Waals surface area contributed by atoms with E-state index in [1.807, 2.05) is 0 Å². The lowest BCUT2D eigenvalue weighted by atomic mass is 9.92. The third-order valence-corrected chi connectivity index (χ3v) is 3.74. The zero-order valence-electron chi connectivity index (χ0n) is 10.5. The average molecular weight is 223 g/mol. The third-order valence-electron chi connectivity index (χ3n) is 3.74. The fourth-order valence-electron chi connectivity index (χ4n) is 2.83. The Morgan fingerprint density at radius 1 is 1.19 bits per heavy atom. The molecular formula is C14H25NO. The zero-order chi connectivity index (χ0) is 11.2. The standard InChI is InChI=1S/C14H25NO/c1-2-15-12-8-10-14(11-9-12)16-13-6-4-3-5-7-13/h4,6,12-15H,2-3,5,7-11H2,1H3. The van der Waals surface area contributed by atoms with E-state index in [1.54, 1.807) is 0 Å². The molecule has 1 atom stereocenters. The maximum Gasteiger partial charge on any atom is 0.0759 e. The van der Waals surface area contributed by atoms with Gasteiger partial charge in [-0.05, 0) is 51.5 Å². The first-order valence-electron chi connectivity index (χ1n) is 6.94. The van der Waals surface area contributed by atoms with Gasteiger partial charge in [-0.25, -0.2) is 0 Å². The van der Waals surface area contributed by atoms with Crippen LogP contribution in [0, 0.1) is 0 Å². The van der Waals surface area contributed by atoms with E-state index in [2.05, 4.69) is 24.4 Å². The predicted molar refractivity (Wildman–Crippen MR) is 67.6 cm³/mol. The molecular weight excluding hydrogens is 198 g/mol. The summed E-state index contributed by atoms with van der Waals surface area (Å²) < 4.78 is 6.14. The van der Waals surface area contributed by atoms with Crippen LogP contribution < -0.4 is 5.32 Å². The summed E-state index contributed by atoms with van der Waals surface area (Å²) >= 11 is 0. The number of nitrogens with one attached hydrogen (secondary N) is 1. The fourth-order valence-corrected chi connectivity index (χ4v) is 2.83. The largest absolute Gasteiger partial charge is 0.371 e. The summed E-state index contributed by atoms with van der Waals surface area (Å²) in [5, 5.41) is 3.54. The van der Waals surface area contributed by atoms with Crippen molar-refractivity contribution < 1.29 is 4.74 Å². The first kappa shape index (κ1) is 12.1. The number of ether oxygens (including phenoxy) is 1. The quantitative estimate of drug-likeness (QED) is 0.740. The van der Waals surface area contributed by atoms with E-state index in [1.165, 1.54) is 44.9 Å². The molecule has 0 saturated heterocycles. The molecule has 1 saturated carbocycles. The van der Waals surface area contributed by atoms with Crippen molar-refractivity contribution in [1.82, 2.24) is 5.32 Å². The van der Waals surface area contributed by atoms with E-state index in [0.29, 0.717) is 12.2 Å². The van der Waals surface area contributed by atoms with Gasteiger partial charge in [0.05, 0.1) is 12.2 Å². The molecule has 0 amide bonds. The molecule has 92 valence electrons. The molecule has 2 rings (SSSR count). The molecule has 0 aliphatic heterocycles. The minimum Gasteiger partial charge on any atom is -0.371 e. The highest BCUT2D eigenvalue weighted by molar-refractivity contribution is 4.95. The van der Waals surface area contributed by atoms with Crippen LogP contribution in [-0.2, 0) is 4.74 Å². The van der Waals surface area contributed by atoms with Crippen LogP contribution in [0.4, 0.5) is 0 Å². The van der Waals surface area contributed by atoms with Gasteiger partial charge in [-0.3, -0.25) is 0 Å². The minimum atomic E-state index is 0.412. The number of hydrogen-bond acceptors (Lipinski definition) is 2. The van der Waals surface area contributed by atoms with Crippen LogP contribution in [-0.4, -0.2) is 24.8 Å². The van der Waals surface area contributed by atoms with E-state index in [0.717, 1.165) is 12.6 Å². The molecule has 0 aromatic rings. The molecule has 2 nitrogen and oxygen atoms in total. The number of hydrogen-bond donors (Lipinski definition) is 1. The lowest BCUT2D eigenvalue weighted by Crippen LogP contribution is -2.36. The second-order valence-electron chi connectivity index (χ2n) is 5.06. The molecule has 2 aliphatic carbocycles. The molecule has 16 heavy (non-hydrogen) atoms. The van der Waals surface area contributed by atoms with Crippen LogP contribution in [0.5, 0.6) is 0 Å². The summed E-state index contributed by atoms with van der Waals surface area (Å²) in [6, 6.07) is 0.742. The van der Waals surface area contributed by atoms with E-state index >= 15 is 0 Å². The lowest BCUT2D eigenvalue weighted by Gasteiger charge is -2.31. The average Bonchev–Trinajstić information content (AvgIpc) is 2.33. The summed E-state index contributed by atoms with van der Waals surface area (Å²) in [6.07, 6.45) is 14.3. The maximum atomic E-state index is 6.14. The van der Waals surface area contributed by atoms with Gasteiger partial charge in [0.15, 0.2) is 0 Å². The Hall–Kier alpha value is -0.340. The van der Waals surface area contributed by atoms with Crippen LogP contribution in [0.1, 0.15) is 51.9 Å². The SMILES string of the molecule is CCNC1CCC(OC2C=CCCC2)CC1. The Bertz CT molecular complexity index is 219. The first-order chi connectivity index (χ1) is 7.88. The first-order valence-corrected chi connectivity index (χ1v) is 6.94. The molecule has 0 aromatic carbocycles. The van der Waals surface area contributed by atoms with Crippen LogP contribution in [0.2, 0.25) is 0 Å². The predicted octanol–water partition coefficient (Wildman–Crippen LogP) is 3.03. The Labute approximate surface area is 99.4 Å². The van der Waals surface area contributed by atoms with Crippen molar-refractivity contribution >= 4 is 0 Å². The molecule has 0 spiro atoms. The van der Waals surface area contributed by atoms with Crippen LogP contribution in [0.25, 0.3) is 0 Å². The van der Waals surface area contributed by atoms with Crippen molar-refractivity contribution in [3.63, 3.8) is 0 Å². The number of allylic oxidation sites excluding steroid dienone is 1. The van der Waals surface area contributed by atoms with Gasteiger partial charge in [0.2, 0.25) is 0 Å². The highest BCUT2D eigenvalue weighted by atomic mass is 16.5. The summed E-state index contributed by atoms with van der Waals surface area (Å²) in [5.41, 5.74) is 0. The van der Waals surface area contributed by atoms with Gasteiger partial charge in [0.1, 0.15) is 0 Å². The molecule has 1 N–H and O–H groups in total. The van der Waals surface area contributed by atoms with Crippen molar-refractivity contribution in [3.8, 4) is 0 Å². The molecule has 0 aromatic heterocycles. The monoisotopic (exact) mass is 223 g/mol. The Morgan fingerprint density at radius 2 is 2.00 bits per heavy atom. The summed E-state index contributed by atoms with van der Waals surface area (Å²) in [5.74, 6) is 0. The molecule has 2 heteroatoms. The van der Waals surface area contributed by atoms with Gasteiger partial charge in [-0.2, -0.15) is 0 Å². The van der Waals surface area contributed by atoms with E-state index in [-0.39, 0.29) is 0 Å². The molecule has 0 bridgehead atoms. The highest BCUT2D eigenvalue weighted by Crippen LogP contribution is 2.24. The van der Waals surface area contributed by atoms with Crippen molar-refractivity contribution in [1.29, 1.82) is 0 Å². The van der Waals surface area contributed by atoms with Crippen LogP contribution >= 0.6 is 0 Å². The molecule has 2 aliphatic rings. The summed E-state index contributed by atoms with van der Waals surface area (Å²) in [4.78, 5) is 0. The number of rotatable bonds is 4. The zero-order valence-corrected chi connectivity index (χ0v) is 10.5. The molecule has 1 unspecified atom stereocenters. The molecule has 1 fully saturated rings. The molecule has 0 radical (unpaired) electrons. The fraction of sp³-hybridized carbons (Fsp3) is 0.857. The highest BCUT2D eigenvalue weighted by Gasteiger charge is 2.23. The van der Waals surface area contributed by atoms with E-state index in [9.17, 15) is 0 Å². The Morgan fingerprint density at radius 3 is 2.62 bits per heavy atom. The van der Waals surface area contributed by atoms with Gasteiger partial charge in [-0.1, -0.05) is 19.1 Å². The van der Waals surface area contributed by atoms with Crippen molar-refractivity contribution in [2.24, 2.45) is 0 Å². The minimum absolute atomic E-state index is 0.412. The normalized spacial score (nSPS) is 35.2. The topological polar surface area (TPSA) is 21.3 Å². The van der Waals surface area contributed by atoms with Gasteiger partial charge in [0, 0.05) is 6.04 Å². The van der Waals surface area contributed by atoms with Crippen molar-refractivity contribution in [3.05, 3.63) is 12.2 Å². The Kier molecular flexibility index (Phi) is 4.86. The van der Waals surface area contributed by atoms with Crippen LogP contribution in [0.15, 0.2) is 12.2 Å². The third kappa shape index (κ3) is 3.60. The summed E-state index contributed by atoms with van der Waals surface area (Å²) in [6.45, 7) is 3.29. The van der Waals surface area contributed by atoms with Gasteiger partial charge in [-0.15, -0.1) is 0 Å².